The van der Waals surface area contributed by atoms with Gasteiger partial charge in [0.2, 0.25) is 5.91 Å². The van der Waals surface area contributed by atoms with E-state index >= 15 is 0 Å². The Morgan fingerprint density at radius 2 is 1.87 bits per heavy atom. The SMILES string of the molecule is Cc1ccc(C2(C(=O)N[C@H]3CCS(=O)(=O)C3)CCOCC2)cc1. The molecule has 0 radical (unpaired) electrons. The number of sulfone groups is 1. The molecule has 2 heterocycles. The minimum atomic E-state index is -3.00. The van der Waals surface area contributed by atoms with Gasteiger partial charge in [-0.1, -0.05) is 29.8 Å². The van der Waals surface area contributed by atoms with Crippen molar-refractivity contribution in [1.29, 1.82) is 0 Å². The molecular formula is C17H23NO4S. The Bertz CT molecular complexity index is 675. The summed E-state index contributed by atoms with van der Waals surface area (Å²) in [6.45, 7) is 3.11. The lowest BCUT2D eigenvalue weighted by atomic mass is 9.73. The van der Waals surface area contributed by atoms with Crippen LogP contribution < -0.4 is 5.32 Å². The molecule has 1 N–H and O–H groups in total. The van der Waals surface area contributed by atoms with E-state index in [0.717, 1.165) is 11.1 Å². The molecule has 1 atom stereocenters. The fraction of sp³-hybridized carbons (Fsp3) is 0.588. The number of aryl methyl sites for hydroxylation is 1. The largest absolute Gasteiger partial charge is 0.381 e. The van der Waals surface area contributed by atoms with Crippen molar-refractivity contribution in [3.63, 3.8) is 0 Å². The van der Waals surface area contributed by atoms with E-state index in [1.165, 1.54) is 0 Å². The first-order chi connectivity index (χ1) is 10.9. The molecule has 6 heteroatoms. The molecule has 5 nitrogen and oxygen atoms in total. The van der Waals surface area contributed by atoms with Gasteiger partial charge in [-0.15, -0.1) is 0 Å². The van der Waals surface area contributed by atoms with Gasteiger partial charge < -0.3 is 10.1 Å². The molecule has 3 rings (SSSR count). The Morgan fingerprint density at radius 1 is 1.22 bits per heavy atom. The molecule has 0 spiro atoms. The number of carbonyl (C=O) groups is 1. The van der Waals surface area contributed by atoms with E-state index < -0.39 is 15.3 Å². The third-order valence-electron chi connectivity index (χ3n) is 4.95. The molecule has 1 aromatic rings. The van der Waals surface area contributed by atoms with Gasteiger partial charge in [0.15, 0.2) is 9.84 Å². The topological polar surface area (TPSA) is 72.5 Å². The molecular weight excluding hydrogens is 314 g/mol. The highest BCUT2D eigenvalue weighted by molar-refractivity contribution is 7.91. The Labute approximate surface area is 137 Å². The molecule has 2 aliphatic heterocycles. The van der Waals surface area contributed by atoms with Crippen molar-refractivity contribution in [3.05, 3.63) is 35.4 Å². The van der Waals surface area contributed by atoms with Crippen LogP contribution in [0.1, 0.15) is 30.4 Å². The predicted molar refractivity (Wildman–Crippen MR) is 88.1 cm³/mol. The fourth-order valence-electron chi connectivity index (χ4n) is 3.47. The minimum Gasteiger partial charge on any atom is -0.381 e. The van der Waals surface area contributed by atoms with Gasteiger partial charge in [-0.2, -0.15) is 0 Å². The number of amides is 1. The maximum Gasteiger partial charge on any atom is 0.231 e. The Morgan fingerprint density at radius 3 is 2.43 bits per heavy atom. The molecule has 126 valence electrons. The number of ether oxygens (including phenoxy) is 1. The molecule has 0 aromatic heterocycles. The summed E-state index contributed by atoms with van der Waals surface area (Å²) >= 11 is 0. The van der Waals surface area contributed by atoms with E-state index in [-0.39, 0.29) is 23.5 Å². The molecule has 0 saturated carbocycles. The zero-order chi connectivity index (χ0) is 16.5. The Balaban J connectivity index is 1.84. The summed E-state index contributed by atoms with van der Waals surface area (Å²) in [4.78, 5) is 13.0. The van der Waals surface area contributed by atoms with Gasteiger partial charge in [0.1, 0.15) is 0 Å². The molecule has 2 saturated heterocycles. The average molecular weight is 337 g/mol. The monoisotopic (exact) mass is 337 g/mol. The first kappa shape index (κ1) is 16.5. The van der Waals surface area contributed by atoms with E-state index in [1.54, 1.807) is 0 Å². The normalized spacial score (nSPS) is 25.9. The highest BCUT2D eigenvalue weighted by Crippen LogP contribution is 2.35. The second-order valence-corrected chi connectivity index (χ2v) is 8.86. The lowest BCUT2D eigenvalue weighted by molar-refractivity contribution is -0.131. The highest BCUT2D eigenvalue weighted by Gasteiger charge is 2.43. The van der Waals surface area contributed by atoms with Crippen molar-refractivity contribution >= 4 is 15.7 Å². The molecule has 2 aliphatic rings. The van der Waals surface area contributed by atoms with Gasteiger partial charge in [0.25, 0.3) is 0 Å². The number of hydrogen-bond acceptors (Lipinski definition) is 4. The first-order valence-electron chi connectivity index (χ1n) is 8.08. The Hall–Kier alpha value is -1.40. The number of rotatable bonds is 3. The van der Waals surface area contributed by atoms with Crippen LogP contribution in [0.4, 0.5) is 0 Å². The second kappa shape index (κ2) is 6.24. The molecule has 0 aliphatic carbocycles. The quantitative estimate of drug-likeness (QED) is 0.904. The molecule has 0 bridgehead atoms. The summed E-state index contributed by atoms with van der Waals surface area (Å²) in [5, 5.41) is 2.98. The van der Waals surface area contributed by atoms with Crippen molar-refractivity contribution in [2.45, 2.75) is 37.6 Å². The van der Waals surface area contributed by atoms with Crippen LogP contribution in [0.2, 0.25) is 0 Å². The average Bonchev–Trinajstić information content (AvgIpc) is 2.87. The first-order valence-corrected chi connectivity index (χ1v) is 9.90. The van der Waals surface area contributed by atoms with Gasteiger partial charge in [-0.05, 0) is 31.7 Å². The van der Waals surface area contributed by atoms with Crippen molar-refractivity contribution < 1.29 is 17.9 Å². The van der Waals surface area contributed by atoms with Crippen LogP contribution in [0.15, 0.2) is 24.3 Å². The van der Waals surface area contributed by atoms with Crippen LogP contribution in [0, 0.1) is 6.92 Å². The number of nitrogens with one attached hydrogen (secondary N) is 1. The zero-order valence-electron chi connectivity index (χ0n) is 13.4. The van der Waals surface area contributed by atoms with Gasteiger partial charge in [0, 0.05) is 19.3 Å². The van der Waals surface area contributed by atoms with Crippen LogP contribution >= 0.6 is 0 Å². The summed E-state index contributed by atoms with van der Waals surface area (Å²) in [6.07, 6.45) is 1.76. The van der Waals surface area contributed by atoms with E-state index in [9.17, 15) is 13.2 Å². The summed E-state index contributed by atoms with van der Waals surface area (Å²) in [5.41, 5.74) is 1.53. The molecule has 23 heavy (non-hydrogen) atoms. The van der Waals surface area contributed by atoms with Crippen LogP contribution in [-0.2, 0) is 24.8 Å². The maximum atomic E-state index is 13.0. The zero-order valence-corrected chi connectivity index (χ0v) is 14.2. The predicted octanol–water partition coefficient (Wildman–Crippen LogP) is 1.35. The van der Waals surface area contributed by atoms with Crippen LogP contribution in [-0.4, -0.2) is 45.1 Å². The lowest BCUT2D eigenvalue weighted by Crippen LogP contribution is -2.51. The number of carbonyl (C=O) groups excluding carboxylic acids is 1. The molecule has 1 amide bonds. The third-order valence-corrected chi connectivity index (χ3v) is 6.72. The number of hydrogen-bond donors (Lipinski definition) is 1. The van der Waals surface area contributed by atoms with Crippen LogP contribution in [0.25, 0.3) is 0 Å². The standard InChI is InChI=1S/C17H23NO4S/c1-13-2-4-14(5-3-13)17(7-9-22-10-8-17)16(19)18-15-6-11-23(20,21)12-15/h2-5,15H,6-12H2,1H3,(H,18,19)/t15-/m0/s1. The van der Waals surface area contributed by atoms with Crippen LogP contribution in [0.3, 0.4) is 0 Å². The maximum absolute atomic E-state index is 13.0. The second-order valence-electron chi connectivity index (χ2n) is 6.63. The van der Waals surface area contributed by atoms with Crippen LogP contribution in [0.5, 0.6) is 0 Å². The lowest BCUT2D eigenvalue weighted by Gasteiger charge is -2.37. The van der Waals surface area contributed by atoms with E-state index in [2.05, 4.69) is 5.32 Å². The van der Waals surface area contributed by atoms with Gasteiger partial charge >= 0.3 is 0 Å². The van der Waals surface area contributed by atoms with E-state index in [0.29, 0.717) is 32.5 Å². The minimum absolute atomic E-state index is 0.0548. The molecule has 2 fully saturated rings. The van der Waals surface area contributed by atoms with Crippen molar-refractivity contribution in [2.24, 2.45) is 0 Å². The van der Waals surface area contributed by atoms with Gasteiger partial charge in [0.05, 0.1) is 16.9 Å². The molecule has 1 aromatic carbocycles. The van der Waals surface area contributed by atoms with E-state index in [1.807, 2.05) is 31.2 Å². The third kappa shape index (κ3) is 3.43. The van der Waals surface area contributed by atoms with Crippen molar-refractivity contribution in [2.75, 3.05) is 24.7 Å². The van der Waals surface area contributed by atoms with Crippen molar-refractivity contribution in [3.8, 4) is 0 Å². The fourth-order valence-corrected chi connectivity index (χ4v) is 5.15. The summed E-state index contributed by atoms with van der Waals surface area (Å²) in [7, 11) is -3.00. The molecule has 0 unspecified atom stereocenters. The van der Waals surface area contributed by atoms with Crippen molar-refractivity contribution in [1.82, 2.24) is 5.32 Å². The van der Waals surface area contributed by atoms with E-state index in [4.69, 9.17) is 4.74 Å². The van der Waals surface area contributed by atoms with Gasteiger partial charge in [-0.25, -0.2) is 8.42 Å². The summed E-state index contributed by atoms with van der Waals surface area (Å²) < 4.78 is 28.7. The number of benzene rings is 1. The summed E-state index contributed by atoms with van der Waals surface area (Å²) in [5.74, 6) is 0.157. The Kier molecular flexibility index (Phi) is 4.47. The van der Waals surface area contributed by atoms with Gasteiger partial charge in [-0.3, -0.25) is 4.79 Å². The highest BCUT2D eigenvalue weighted by atomic mass is 32.2. The summed E-state index contributed by atoms with van der Waals surface area (Å²) in [6, 6.07) is 7.77. The smallest absolute Gasteiger partial charge is 0.231 e.